The first-order valence-electron chi connectivity index (χ1n) is 10.8. The van der Waals surface area contributed by atoms with Gasteiger partial charge in [-0.2, -0.15) is 13.2 Å². The van der Waals surface area contributed by atoms with E-state index in [0.29, 0.717) is 48.0 Å². The molecule has 1 saturated heterocycles. The number of morpholine rings is 1. The first-order valence-corrected chi connectivity index (χ1v) is 11.6. The van der Waals surface area contributed by atoms with E-state index >= 15 is 0 Å². The third-order valence-electron chi connectivity index (χ3n) is 5.38. The molecule has 35 heavy (non-hydrogen) atoms. The van der Waals surface area contributed by atoms with Gasteiger partial charge in [0.1, 0.15) is 5.01 Å². The number of aromatic nitrogens is 3. The number of rotatable bonds is 5. The molecule has 1 N–H and O–H groups in total. The number of carbonyl (C=O) groups excluding carboxylic acids is 2. The number of ether oxygens (including phenoxy) is 1. The van der Waals surface area contributed by atoms with Crippen molar-refractivity contribution < 1.29 is 27.5 Å². The van der Waals surface area contributed by atoms with Gasteiger partial charge in [-0.15, -0.1) is 11.3 Å². The Kier molecular flexibility index (Phi) is 7.13. The Labute approximate surface area is 203 Å². The second-order valence-corrected chi connectivity index (χ2v) is 9.25. The Morgan fingerprint density at radius 2 is 1.71 bits per heavy atom. The van der Waals surface area contributed by atoms with Gasteiger partial charge in [0.05, 0.1) is 19.3 Å². The van der Waals surface area contributed by atoms with E-state index < -0.39 is 23.9 Å². The number of aryl methyl sites for hydroxylation is 1. The number of benzene rings is 1. The molecule has 3 heterocycles. The molecule has 2 aromatic heterocycles. The highest BCUT2D eigenvalue weighted by Gasteiger charge is 2.34. The van der Waals surface area contributed by atoms with Gasteiger partial charge in [-0.25, -0.2) is 15.0 Å². The van der Waals surface area contributed by atoms with E-state index in [-0.39, 0.29) is 11.5 Å². The van der Waals surface area contributed by atoms with Crippen molar-refractivity contribution in [1.29, 1.82) is 0 Å². The molecule has 0 spiro atoms. The maximum absolute atomic E-state index is 13.1. The standard InChI is InChI=1S/C23H22F3N5O3S/c1-13-10-27-20(35-13)16-7-15(8-17(9-16)21(33)31-3-5-34-6-4-31)19(32)30-14(2)18-11-28-22(29-12-18)23(24,25)26/h7-12,14H,3-6H2,1-2H3,(H,30,32). The van der Waals surface area contributed by atoms with Crippen LogP contribution in [0.5, 0.6) is 0 Å². The number of hydrogen-bond donors (Lipinski definition) is 1. The highest BCUT2D eigenvalue weighted by atomic mass is 32.1. The number of nitrogens with one attached hydrogen (secondary N) is 1. The maximum Gasteiger partial charge on any atom is 0.451 e. The second-order valence-electron chi connectivity index (χ2n) is 8.01. The third kappa shape index (κ3) is 5.82. The summed E-state index contributed by atoms with van der Waals surface area (Å²) in [5.74, 6) is -1.97. The fourth-order valence-electron chi connectivity index (χ4n) is 3.51. The van der Waals surface area contributed by atoms with Crippen molar-refractivity contribution in [3.8, 4) is 10.6 Å². The Balaban J connectivity index is 1.60. The molecule has 3 aromatic rings. The molecule has 0 bridgehead atoms. The van der Waals surface area contributed by atoms with Gasteiger partial charge >= 0.3 is 6.18 Å². The molecule has 4 rings (SSSR count). The minimum atomic E-state index is -4.65. The lowest BCUT2D eigenvalue weighted by molar-refractivity contribution is -0.145. The predicted octanol–water partition coefficient (Wildman–Crippen LogP) is 3.89. The second kappa shape index (κ2) is 10.1. The normalized spacial score (nSPS) is 15.1. The number of thiazole rings is 1. The summed E-state index contributed by atoms with van der Waals surface area (Å²) in [6.07, 6.45) is -0.877. The highest BCUT2D eigenvalue weighted by molar-refractivity contribution is 7.14. The summed E-state index contributed by atoms with van der Waals surface area (Å²) in [4.78, 5) is 39.9. The average molecular weight is 506 g/mol. The molecular weight excluding hydrogens is 483 g/mol. The molecule has 0 radical (unpaired) electrons. The lowest BCUT2D eigenvalue weighted by Gasteiger charge is -2.27. The number of nitrogens with zero attached hydrogens (tertiary/aromatic N) is 4. The number of carbonyl (C=O) groups is 2. The molecule has 0 saturated carbocycles. The fraction of sp³-hybridized carbons (Fsp3) is 0.348. The number of alkyl halides is 3. The van der Waals surface area contributed by atoms with Crippen LogP contribution in [0.4, 0.5) is 13.2 Å². The molecule has 12 heteroatoms. The molecule has 1 unspecified atom stereocenters. The van der Waals surface area contributed by atoms with Crippen molar-refractivity contribution in [3.05, 3.63) is 64.2 Å². The summed E-state index contributed by atoms with van der Waals surface area (Å²) >= 11 is 1.44. The van der Waals surface area contributed by atoms with E-state index in [2.05, 4.69) is 20.3 Å². The highest BCUT2D eigenvalue weighted by Crippen LogP contribution is 2.28. The first-order chi connectivity index (χ1) is 16.6. The zero-order valence-corrected chi connectivity index (χ0v) is 19.7. The Morgan fingerprint density at radius 3 is 2.31 bits per heavy atom. The molecule has 8 nitrogen and oxygen atoms in total. The molecule has 1 aliphatic rings. The molecule has 1 fully saturated rings. The number of halogens is 3. The van der Waals surface area contributed by atoms with Gasteiger partial charge in [0.2, 0.25) is 5.82 Å². The summed E-state index contributed by atoms with van der Waals surface area (Å²) in [5.41, 5.74) is 1.50. The average Bonchev–Trinajstić information content (AvgIpc) is 3.29. The molecule has 1 aromatic carbocycles. The molecular formula is C23H22F3N5O3S. The van der Waals surface area contributed by atoms with E-state index in [9.17, 15) is 22.8 Å². The minimum absolute atomic E-state index is 0.221. The van der Waals surface area contributed by atoms with Crippen molar-refractivity contribution in [2.45, 2.75) is 26.1 Å². The third-order valence-corrected chi connectivity index (χ3v) is 6.34. The fourth-order valence-corrected chi connectivity index (χ4v) is 4.27. The topological polar surface area (TPSA) is 97.3 Å². The van der Waals surface area contributed by atoms with Gasteiger partial charge in [-0.3, -0.25) is 9.59 Å². The Morgan fingerprint density at radius 1 is 1.06 bits per heavy atom. The van der Waals surface area contributed by atoms with Crippen LogP contribution in [-0.4, -0.2) is 58.0 Å². The zero-order valence-electron chi connectivity index (χ0n) is 18.9. The van der Waals surface area contributed by atoms with Crippen molar-refractivity contribution >= 4 is 23.2 Å². The van der Waals surface area contributed by atoms with Crippen molar-refractivity contribution in [3.63, 3.8) is 0 Å². The quantitative estimate of drug-likeness (QED) is 0.565. The summed E-state index contributed by atoms with van der Waals surface area (Å²) in [6, 6.07) is 4.18. The van der Waals surface area contributed by atoms with Crippen LogP contribution in [0.2, 0.25) is 0 Å². The van der Waals surface area contributed by atoms with Crippen LogP contribution >= 0.6 is 11.3 Å². The van der Waals surface area contributed by atoms with E-state index in [1.54, 1.807) is 30.2 Å². The monoisotopic (exact) mass is 505 g/mol. The van der Waals surface area contributed by atoms with Crippen LogP contribution < -0.4 is 5.32 Å². The SMILES string of the molecule is Cc1cnc(-c2cc(C(=O)NC(C)c3cnc(C(F)(F)F)nc3)cc(C(=O)N3CCOCC3)c2)s1. The number of hydrogen-bond acceptors (Lipinski definition) is 7. The van der Waals surface area contributed by atoms with E-state index in [4.69, 9.17) is 4.74 Å². The summed E-state index contributed by atoms with van der Waals surface area (Å²) in [5, 5.41) is 3.40. The summed E-state index contributed by atoms with van der Waals surface area (Å²) in [6.45, 7) is 5.30. The van der Waals surface area contributed by atoms with Crippen LogP contribution in [0.25, 0.3) is 10.6 Å². The number of amides is 2. The smallest absolute Gasteiger partial charge is 0.378 e. The minimum Gasteiger partial charge on any atom is -0.378 e. The van der Waals surface area contributed by atoms with Crippen LogP contribution in [0.3, 0.4) is 0 Å². The summed E-state index contributed by atoms with van der Waals surface area (Å²) < 4.78 is 43.5. The molecule has 0 aliphatic carbocycles. The van der Waals surface area contributed by atoms with Gasteiger partial charge in [0, 0.05) is 58.8 Å². The zero-order chi connectivity index (χ0) is 25.2. The van der Waals surface area contributed by atoms with E-state index in [1.165, 1.54) is 17.4 Å². The largest absolute Gasteiger partial charge is 0.451 e. The lowest BCUT2D eigenvalue weighted by Crippen LogP contribution is -2.40. The van der Waals surface area contributed by atoms with Crippen molar-refractivity contribution in [1.82, 2.24) is 25.2 Å². The van der Waals surface area contributed by atoms with Gasteiger partial charge in [-0.05, 0) is 32.0 Å². The maximum atomic E-state index is 13.1. The van der Waals surface area contributed by atoms with Gasteiger partial charge < -0.3 is 15.0 Å². The van der Waals surface area contributed by atoms with E-state index in [1.807, 2.05) is 6.92 Å². The first kappa shape index (κ1) is 24.7. The predicted molar refractivity (Wildman–Crippen MR) is 122 cm³/mol. The Hall–Kier alpha value is -3.38. The molecule has 2 amide bonds. The van der Waals surface area contributed by atoms with Gasteiger partial charge in [0.15, 0.2) is 0 Å². The van der Waals surface area contributed by atoms with Crippen molar-refractivity contribution in [2.75, 3.05) is 26.3 Å². The van der Waals surface area contributed by atoms with Gasteiger partial charge in [-0.1, -0.05) is 0 Å². The van der Waals surface area contributed by atoms with Crippen LogP contribution in [0.15, 0.2) is 36.8 Å². The van der Waals surface area contributed by atoms with Crippen LogP contribution in [-0.2, 0) is 10.9 Å². The van der Waals surface area contributed by atoms with Crippen molar-refractivity contribution in [2.24, 2.45) is 0 Å². The van der Waals surface area contributed by atoms with Crippen LogP contribution in [0.1, 0.15) is 49.9 Å². The Bertz CT molecular complexity index is 1220. The van der Waals surface area contributed by atoms with E-state index in [0.717, 1.165) is 17.3 Å². The molecule has 184 valence electrons. The van der Waals surface area contributed by atoms with Gasteiger partial charge in [0.25, 0.3) is 11.8 Å². The molecule has 1 aliphatic heterocycles. The molecule has 1 atom stereocenters. The van der Waals surface area contributed by atoms with Crippen LogP contribution in [0, 0.1) is 6.92 Å². The summed E-state index contributed by atoms with van der Waals surface area (Å²) in [7, 11) is 0. The lowest BCUT2D eigenvalue weighted by atomic mass is 10.0.